The molecular weight excluding hydrogens is 681 g/mol. The quantitative estimate of drug-likeness (QED) is 0.194. The standard InChI is InChI=1S/C44H46N4O6/c1-43(2,3)53-41(51)47-37(31-15-11-27(12-16-31)29-19-23-33(24-20-29)45(7)8)35-36(39(47)49)38(48(40(35)50)42(52)54-44(4,5)6)32-17-13-28(14-18-32)30-21-25-34(26-22-30)46(9)10/h11-26H,1-10H3. The summed E-state index contributed by atoms with van der Waals surface area (Å²) in [5.41, 5.74) is 4.66. The van der Waals surface area contributed by atoms with Crippen molar-refractivity contribution in [3.05, 3.63) is 119 Å². The van der Waals surface area contributed by atoms with Gasteiger partial charge in [-0.25, -0.2) is 19.4 Å². The van der Waals surface area contributed by atoms with Crippen molar-refractivity contribution in [3.63, 3.8) is 0 Å². The Bertz CT molecular complexity index is 2030. The summed E-state index contributed by atoms with van der Waals surface area (Å²) in [5, 5.41) is 0. The summed E-state index contributed by atoms with van der Waals surface area (Å²) >= 11 is 0. The maximum Gasteiger partial charge on any atom is 0.422 e. The first-order valence-corrected chi connectivity index (χ1v) is 17.7. The number of imide groups is 2. The lowest BCUT2D eigenvalue weighted by molar-refractivity contribution is -0.123. The molecule has 10 nitrogen and oxygen atoms in total. The average Bonchev–Trinajstić information content (AvgIpc) is 3.58. The van der Waals surface area contributed by atoms with E-state index in [9.17, 15) is 19.2 Å². The fourth-order valence-electron chi connectivity index (χ4n) is 6.36. The Hall–Kier alpha value is -6.16. The van der Waals surface area contributed by atoms with E-state index in [1.807, 2.05) is 111 Å². The van der Waals surface area contributed by atoms with Gasteiger partial charge in [-0.1, -0.05) is 72.8 Å². The molecule has 0 saturated heterocycles. The van der Waals surface area contributed by atoms with Crippen LogP contribution >= 0.6 is 0 Å². The summed E-state index contributed by atoms with van der Waals surface area (Å²) in [6.07, 6.45) is -1.87. The number of hydrogen-bond donors (Lipinski definition) is 0. The van der Waals surface area contributed by atoms with Crippen molar-refractivity contribution < 1.29 is 28.7 Å². The third-order valence-corrected chi connectivity index (χ3v) is 8.91. The van der Waals surface area contributed by atoms with Gasteiger partial charge in [-0.05, 0) is 99.2 Å². The number of carbonyl (C=O) groups is 4. The van der Waals surface area contributed by atoms with E-state index in [1.54, 1.807) is 65.8 Å². The highest BCUT2D eigenvalue weighted by molar-refractivity contribution is 6.35. The topological polar surface area (TPSA) is 99.7 Å². The molecule has 54 heavy (non-hydrogen) atoms. The lowest BCUT2D eigenvalue weighted by Crippen LogP contribution is -2.40. The van der Waals surface area contributed by atoms with Crippen molar-refractivity contribution in [2.75, 3.05) is 38.0 Å². The normalized spacial score (nSPS) is 14.5. The highest BCUT2D eigenvalue weighted by atomic mass is 16.6. The monoisotopic (exact) mass is 726 g/mol. The van der Waals surface area contributed by atoms with Crippen LogP contribution in [0.25, 0.3) is 33.6 Å². The van der Waals surface area contributed by atoms with Gasteiger partial charge in [0.1, 0.15) is 11.2 Å². The number of anilines is 2. The van der Waals surface area contributed by atoms with E-state index in [1.165, 1.54) is 0 Å². The maximum absolute atomic E-state index is 14.6. The molecule has 4 aromatic carbocycles. The van der Waals surface area contributed by atoms with E-state index in [0.29, 0.717) is 11.1 Å². The van der Waals surface area contributed by atoms with E-state index in [-0.39, 0.29) is 22.5 Å². The fourth-order valence-corrected chi connectivity index (χ4v) is 6.36. The van der Waals surface area contributed by atoms with Crippen LogP contribution in [-0.4, -0.2) is 73.2 Å². The lowest BCUT2D eigenvalue weighted by atomic mass is 9.98. The lowest BCUT2D eigenvalue weighted by Gasteiger charge is -2.27. The molecule has 0 radical (unpaired) electrons. The van der Waals surface area contributed by atoms with Gasteiger partial charge in [-0.2, -0.15) is 0 Å². The van der Waals surface area contributed by atoms with Crippen molar-refractivity contribution in [3.8, 4) is 22.3 Å². The smallest absolute Gasteiger partial charge is 0.422 e. The van der Waals surface area contributed by atoms with Crippen molar-refractivity contribution in [2.24, 2.45) is 0 Å². The minimum atomic E-state index is -0.947. The van der Waals surface area contributed by atoms with Crippen LogP contribution in [0.2, 0.25) is 0 Å². The SMILES string of the molecule is CN(C)c1ccc(-c2ccc(C3=C4C(=O)N(C(=O)OC(C)(C)C)C(c5ccc(-c6ccc(N(C)C)cc6)cc5)=C4C(=O)N3C(=O)OC(C)(C)C)cc2)cc1. The molecule has 4 aromatic rings. The molecule has 2 heterocycles. The molecule has 0 saturated carbocycles. The van der Waals surface area contributed by atoms with Gasteiger partial charge in [0.2, 0.25) is 0 Å². The number of nitrogens with zero attached hydrogens (tertiary/aromatic N) is 4. The number of fused-ring (bicyclic) bond motifs is 1. The molecule has 2 aliphatic rings. The zero-order valence-electron chi connectivity index (χ0n) is 32.5. The van der Waals surface area contributed by atoms with Crippen molar-refractivity contribution >= 4 is 46.8 Å². The molecule has 0 aliphatic carbocycles. The van der Waals surface area contributed by atoms with Gasteiger partial charge in [0, 0.05) is 39.6 Å². The van der Waals surface area contributed by atoms with E-state index < -0.39 is 35.2 Å². The number of benzene rings is 4. The Morgan fingerprint density at radius 1 is 0.444 bits per heavy atom. The van der Waals surface area contributed by atoms with E-state index in [0.717, 1.165) is 43.4 Å². The first kappa shape index (κ1) is 37.6. The van der Waals surface area contributed by atoms with Crippen LogP contribution in [0.1, 0.15) is 52.7 Å². The second-order valence-electron chi connectivity index (χ2n) is 15.7. The van der Waals surface area contributed by atoms with Gasteiger partial charge in [0.25, 0.3) is 11.8 Å². The third kappa shape index (κ3) is 7.37. The molecule has 0 bridgehead atoms. The zero-order valence-corrected chi connectivity index (χ0v) is 32.5. The Morgan fingerprint density at radius 2 is 0.685 bits per heavy atom. The number of ether oxygens (including phenoxy) is 2. The summed E-state index contributed by atoms with van der Waals surface area (Å²) < 4.78 is 11.4. The van der Waals surface area contributed by atoms with Gasteiger partial charge < -0.3 is 19.3 Å². The predicted molar refractivity (Wildman–Crippen MR) is 212 cm³/mol. The number of rotatable bonds is 6. The zero-order chi connectivity index (χ0) is 39.3. The fraction of sp³-hybridized carbons (Fsp3) is 0.273. The Balaban J connectivity index is 1.51. The highest BCUT2D eigenvalue weighted by Gasteiger charge is 2.54. The molecule has 278 valence electrons. The van der Waals surface area contributed by atoms with Gasteiger partial charge in [-0.3, -0.25) is 9.59 Å². The molecule has 4 amide bonds. The van der Waals surface area contributed by atoms with Gasteiger partial charge in [-0.15, -0.1) is 0 Å². The largest absolute Gasteiger partial charge is 0.443 e. The Kier molecular flexibility index (Phi) is 9.75. The van der Waals surface area contributed by atoms with Gasteiger partial charge in [0.15, 0.2) is 0 Å². The first-order valence-electron chi connectivity index (χ1n) is 17.7. The summed E-state index contributed by atoms with van der Waals surface area (Å²) in [5.74, 6) is -1.56. The molecule has 0 spiro atoms. The third-order valence-electron chi connectivity index (χ3n) is 8.91. The van der Waals surface area contributed by atoms with Gasteiger partial charge >= 0.3 is 12.2 Å². The second kappa shape index (κ2) is 14.0. The van der Waals surface area contributed by atoms with Crippen molar-refractivity contribution in [2.45, 2.75) is 52.7 Å². The summed E-state index contributed by atoms with van der Waals surface area (Å²) in [7, 11) is 7.89. The molecule has 0 fully saturated rings. The van der Waals surface area contributed by atoms with Crippen LogP contribution in [0.3, 0.4) is 0 Å². The van der Waals surface area contributed by atoms with E-state index in [2.05, 4.69) is 0 Å². The molecule has 0 aromatic heterocycles. The Morgan fingerprint density at radius 3 is 0.926 bits per heavy atom. The second-order valence-corrected chi connectivity index (χ2v) is 15.7. The number of hydrogen-bond acceptors (Lipinski definition) is 8. The first-order chi connectivity index (χ1) is 25.3. The molecule has 2 aliphatic heterocycles. The molecule has 0 N–H and O–H groups in total. The van der Waals surface area contributed by atoms with Crippen LogP contribution in [-0.2, 0) is 19.1 Å². The van der Waals surface area contributed by atoms with Crippen LogP contribution in [0.5, 0.6) is 0 Å². The van der Waals surface area contributed by atoms with Gasteiger partial charge in [0.05, 0.1) is 22.5 Å². The van der Waals surface area contributed by atoms with Crippen LogP contribution in [0.4, 0.5) is 21.0 Å². The van der Waals surface area contributed by atoms with Crippen LogP contribution in [0, 0.1) is 0 Å². The molecule has 10 heteroatoms. The minimum Gasteiger partial charge on any atom is -0.443 e. The predicted octanol–water partition coefficient (Wildman–Crippen LogP) is 8.83. The summed E-state index contributed by atoms with van der Waals surface area (Å²) in [6, 6.07) is 30.6. The minimum absolute atomic E-state index is 0.0323. The summed E-state index contributed by atoms with van der Waals surface area (Å²) in [6.45, 7) is 10.2. The molecule has 0 unspecified atom stereocenters. The Labute approximate surface area is 316 Å². The van der Waals surface area contributed by atoms with E-state index >= 15 is 0 Å². The van der Waals surface area contributed by atoms with Crippen molar-refractivity contribution in [1.29, 1.82) is 0 Å². The summed E-state index contributed by atoms with van der Waals surface area (Å²) in [4.78, 5) is 62.8. The average molecular weight is 727 g/mol. The molecule has 6 rings (SSSR count). The maximum atomic E-state index is 14.6. The number of carbonyl (C=O) groups excluding carboxylic acids is 4. The molecule has 0 atom stereocenters. The van der Waals surface area contributed by atoms with Crippen molar-refractivity contribution in [1.82, 2.24) is 9.80 Å². The highest BCUT2D eigenvalue weighted by Crippen LogP contribution is 2.48. The number of amides is 4. The van der Waals surface area contributed by atoms with E-state index in [4.69, 9.17) is 9.47 Å². The van der Waals surface area contributed by atoms with Crippen LogP contribution in [0.15, 0.2) is 108 Å². The van der Waals surface area contributed by atoms with Crippen LogP contribution < -0.4 is 9.80 Å². The molecular formula is C44H46N4O6.